The number of hydrogen-bond donors (Lipinski definition) is 7. The summed E-state index contributed by atoms with van der Waals surface area (Å²) in [4.78, 5) is 40.0. The Kier molecular flexibility index (Phi) is 31.9. The standard InChI is InChI=1S/C49H85N9O3S/c1-5-8-11-14-17-20-23-26-33-52-47(59)55-45(51-36-32-43-38-46(62-57-43)56-48(60)53-34-27-24-21-18-15-12-9-6-2)39-44(50)42-31-29-30-41(37-42)40-58(4)49(61)54-35-28-25-22-19-16-13-10-7-3/h29-31,37-39,50-51H,5-28,32-36,40H2,1-4H3,(H,54,61)(H2,52,55,59)(H2,53,56,60)/p+1/b45-39+,50-44?. The van der Waals surface area contributed by atoms with Crippen LogP contribution in [0, 0.1) is 5.41 Å². The number of nitrogens with one attached hydrogen (secondary N) is 6. The summed E-state index contributed by atoms with van der Waals surface area (Å²) in [5.74, 6) is 0.528. The van der Waals surface area contributed by atoms with Gasteiger partial charge in [-0.3, -0.25) is 21.4 Å². The molecule has 0 unspecified atom stereocenters. The number of allylic oxidation sites excluding steroid dienone is 1. The average Bonchev–Trinajstić information content (AvgIpc) is 3.71. The van der Waals surface area contributed by atoms with Gasteiger partial charge in [-0.1, -0.05) is 174 Å². The van der Waals surface area contributed by atoms with E-state index in [9.17, 15) is 14.4 Å². The van der Waals surface area contributed by atoms with Crippen molar-refractivity contribution in [3.63, 3.8) is 0 Å². The maximum atomic E-state index is 13.1. The van der Waals surface area contributed by atoms with E-state index in [-0.39, 0.29) is 23.8 Å². The van der Waals surface area contributed by atoms with E-state index in [1.54, 1.807) is 18.0 Å². The lowest BCUT2D eigenvalue weighted by Crippen LogP contribution is -2.85. The zero-order chi connectivity index (χ0) is 44.9. The fraction of sp³-hybridized carbons (Fsp3) is 0.694. The number of carbonyl (C=O) groups is 3. The van der Waals surface area contributed by atoms with Gasteiger partial charge in [-0.15, -0.1) is 0 Å². The molecule has 0 aliphatic carbocycles. The fourth-order valence-electron chi connectivity index (χ4n) is 7.27. The molecule has 1 heterocycles. The summed E-state index contributed by atoms with van der Waals surface area (Å²) in [5, 5.41) is 26.5. The number of urea groups is 3. The Labute approximate surface area is 380 Å². The number of rotatable bonds is 37. The van der Waals surface area contributed by atoms with Gasteiger partial charge in [-0.05, 0) is 48.5 Å². The number of anilines is 1. The van der Waals surface area contributed by atoms with E-state index in [0.29, 0.717) is 55.5 Å². The number of nitrogens with two attached hydrogens (primary N) is 1. The third-order valence-electron chi connectivity index (χ3n) is 11.1. The van der Waals surface area contributed by atoms with E-state index in [1.165, 1.54) is 127 Å². The highest BCUT2D eigenvalue weighted by atomic mass is 32.1. The number of carbonyl (C=O) groups excluding carboxylic acids is 3. The van der Waals surface area contributed by atoms with Crippen LogP contribution in [0.2, 0.25) is 0 Å². The molecule has 0 radical (unpaired) electrons. The van der Waals surface area contributed by atoms with Crippen molar-refractivity contribution in [2.24, 2.45) is 0 Å². The first-order chi connectivity index (χ1) is 30.2. The molecular formula is C49H86N9O3S+. The van der Waals surface area contributed by atoms with Crippen LogP contribution in [0.4, 0.5) is 19.4 Å². The lowest BCUT2D eigenvalue weighted by molar-refractivity contribution is -0.609. The highest BCUT2D eigenvalue weighted by Crippen LogP contribution is 2.17. The summed E-state index contributed by atoms with van der Waals surface area (Å²) in [7, 11) is 1.79. The van der Waals surface area contributed by atoms with E-state index < -0.39 is 0 Å². The van der Waals surface area contributed by atoms with E-state index >= 15 is 0 Å². The highest BCUT2D eigenvalue weighted by molar-refractivity contribution is 7.10. The molecule has 0 aliphatic rings. The summed E-state index contributed by atoms with van der Waals surface area (Å²) < 4.78 is 4.54. The summed E-state index contributed by atoms with van der Waals surface area (Å²) in [5.41, 5.74) is 2.71. The lowest BCUT2D eigenvalue weighted by atomic mass is 10.1. The average molecular weight is 881 g/mol. The molecular weight excluding hydrogens is 795 g/mol. The van der Waals surface area contributed by atoms with Crippen molar-refractivity contribution in [2.75, 3.05) is 38.5 Å². The molecule has 0 bridgehead atoms. The number of quaternary nitrogens is 1. The van der Waals surface area contributed by atoms with E-state index in [4.69, 9.17) is 5.41 Å². The SMILES string of the molecule is CCCCCCCCCCNC(=O)N/C(=C/C(=N)c1cccc(CN(C)C(=O)NCCCCCCCCCC)c1)[NH2+]CCc1cc(NC(=O)NCCCCCCCCCC)sn1. The molecule has 2 aromatic rings. The lowest BCUT2D eigenvalue weighted by Gasteiger charge is -2.18. The maximum absolute atomic E-state index is 13.1. The van der Waals surface area contributed by atoms with E-state index in [1.807, 2.05) is 35.6 Å². The first-order valence-electron chi connectivity index (χ1n) is 24.5. The van der Waals surface area contributed by atoms with Gasteiger partial charge in [0.05, 0.1) is 18.0 Å². The zero-order valence-corrected chi connectivity index (χ0v) is 40.1. The number of hydrogen-bond acceptors (Lipinski definition) is 6. The quantitative estimate of drug-likeness (QED) is 0.0265. The molecule has 62 heavy (non-hydrogen) atoms. The topological polar surface area (TPSA) is 168 Å². The van der Waals surface area contributed by atoms with Gasteiger partial charge in [0.2, 0.25) is 5.82 Å². The second-order valence-electron chi connectivity index (χ2n) is 16.9. The van der Waals surface area contributed by atoms with Crippen LogP contribution in [-0.2, 0) is 13.0 Å². The number of benzene rings is 1. The van der Waals surface area contributed by atoms with Gasteiger partial charge in [-0.2, -0.15) is 4.37 Å². The Morgan fingerprint density at radius 3 is 1.73 bits per heavy atom. The minimum absolute atomic E-state index is 0.104. The van der Waals surface area contributed by atoms with E-state index in [0.717, 1.165) is 49.8 Å². The molecule has 350 valence electrons. The van der Waals surface area contributed by atoms with Gasteiger partial charge in [0.1, 0.15) is 5.00 Å². The predicted octanol–water partition coefficient (Wildman–Crippen LogP) is 11.1. The van der Waals surface area contributed by atoms with Crippen molar-refractivity contribution in [3.05, 3.63) is 59.0 Å². The molecule has 1 aromatic heterocycles. The van der Waals surface area contributed by atoms with E-state index in [2.05, 4.69) is 51.7 Å². The van der Waals surface area contributed by atoms with Crippen LogP contribution >= 0.6 is 11.5 Å². The molecule has 12 nitrogen and oxygen atoms in total. The molecule has 2 rings (SSSR count). The summed E-state index contributed by atoms with van der Waals surface area (Å²) >= 11 is 1.25. The van der Waals surface area contributed by atoms with Gasteiger partial charge in [0.25, 0.3) is 0 Å². The van der Waals surface area contributed by atoms with Crippen molar-refractivity contribution in [1.29, 1.82) is 5.41 Å². The summed E-state index contributed by atoms with van der Waals surface area (Å²) in [6.07, 6.45) is 31.4. The Balaban J connectivity index is 1.91. The van der Waals surface area contributed by atoms with Gasteiger partial charge in [-0.25, -0.2) is 14.4 Å². The fourth-order valence-corrected chi connectivity index (χ4v) is 7.96. The third-order valence-corrected chi connectivity index (χ3v) is 11.8. The molecule has 0 atom stereocenters. The normalized spacial score (nSPS) is 11.3. The first-order valence-corrected chi connectivity index (χ1v) is 25.3. The van der Waals surface area contributed by atoms with Crippen LogP contribution in [-0.4, -0.2) is 66.3 Å². The zero-order valence-electron chi connectivity index (χ0n) is 39.3. The molecule has 0 saturated heterocycles. The van der Waals surface area contributed by atoms with Gasteiger partial charge in [0, 0.05) is 51.3 Å². The maximum Gasteiger partial charge on any atom is 0.323 e. The predicted molar refractivity (Wildman–Crippen MR) is 260 cm³/mol. The van der Waals surface area contributed by atoms with Crippen LogP contribution < -0.4 is 31.9 Å². The number of nitrogens with zero attached hydrogens (tertiary/aromatic N) is 2. The minimum Gasteiger partial charge on any atom is -0.338 e. The van der Waals surface area contributed by atoms with Crippen molar-refractivity contribution in [1.82, 2.24) is 30.5 Å². The summed E-state index contributed by atoms with van der Waals surface area (Å²) in [6.45, 7) is 9.61. The molecule has 13 heteroatoms. The number of amides is 6. The minimum atomic E-state index is -0.297. The molecule has 0 saturated carbocycles. The first kappa shape index (κ1) is 54.2. The van der Waals surface area contributed by atoms with Crippen molar-refractivity contribution < 1.29 is 19.7 Å². The van der Waals surface area contributed by atoms with Crippen LogP contribution in [0.25, 0.3) is 0 Å². The molecule has 8 N–H and O–H groups in total. The highest BCUT2D eigenvalue weighted by Gasteiger charge is 2.14. The molecule has 6 amide bonds. The number of unbranched alkanes of at least 4 members (excludes halogenated alkanes) is 21. The molecule has 1 aromatic carbocycles. The van der Waals surface area contributed by atoms with Crippen LogP contribution in [0.3, 0.4) is 0 Å². The summed E-state index contributed by atoms with van der Waals surface area (Å²) in [6, 6.07) is 8.94. The van der Waals surface area contributed by atoms with Gasteiger partial charge >= 0.3 is 18.1 Å². The Morgan fingerprint density at radius 1 is 0.677 bits per heavy atom. The Morgan fingerprint density at radius 2 is 1.18 bits per heavy atom. The van der Waals surface area contributed by atoms with Crippen molar-refractivity contribution in [3.8, 4) is 0 Å². The molecule has 0 fully saturated rings. The molecule has 0 spiro atoms. The second kappa shape index (κ2) is 36.5. The number of aromatic nitrogens is 1. The van der Waals surface area contributed by atoms with Crippen LogP contribution in [0.15, 0.2) is 42.2 Å². The Hall–Kier alpha value is -3.97. The Bertz CT molecular complexity index is 1530. The van der Waals surface area contributed by atoms with Gasteiger partial charge < -0.3 is 20.9 Å². The second-order valence-corrected chi connectivity index (χ2v) is 17.7. The third kappa shape index (κ3) is 27.9. The van der Waals surface area contributed by atoms with Crippen LogP contribution in [0.1, 0.15) is 192 Å². The van der Waals surface area contributed by atoms with Crippen molar-refractivity contribution in [2.45, 2.75) is 188 Å². The van der Waals surface area contributed by atoms with Gasteiger partial charge in [0.15, 0.2) is 0 Å². The van der Waals surface area contributed by atoms with Crippen LogP contribution in [0.5, 0.6) is 0 Å². The van der Waals surface area contributed by atoms with Crippen molar-refractivity contribution >= 4 is 40.3 Å². The monoisotopic (exact) mass is 881 g/mol. The largest absolute Gasteiger partial charge is 0.338 e. The molecule has 0 aliphatic heterocycles. The smallest absolute Gasteiger partial charge is 0.323 e.